The Morgan fingerprint density at radius 3 is 1.88 bits per heavy atom. The maximum Gasteiger partial charge on any atom is 0.200 e. The van der Waals surface area contributed by atoms with Crippen LogP contribution in [0.4, 0.5) is 22.0 Å². The van der Waals surface area contributed by atoms with Crippen molar-refractivity contribution < 1.29 is 26.4 Å². The zero-order valence-corrected chi connectivity index (χ0v) is 15.5. The standard InChI is InChI=1S/C18H18F5NOSi/c1-26(2,3)25-13(11-7-5-4-6-8-11)10-24-9-12-14(19)16(21)18(23)17(22)15(12)20/h4-9,13H,10H2,1-3H3. The predicted molar refractivity (Wildman–Crippen MR) is 92.3 cm³/mol. The summed E-state index contributed by atoms with van der Waals surface area (Å²) < 4.78 is 72.9. The first-order chi connectivity index (χ1) is 12.1. The second-order valence-electron chi connectivity index (χ2n) is 6.61. The van der Waals surface area contributed by atoms with E-state index in [-0.39, 0.29) is 6.54 Å². The molecule has 1 unspecified atom stereocenters. The van der Waals surface area contributed by atoms with Crippen molar-refractivity contribution in [3.8, 4) is 0 Å². The minimum atomic E-state index is -2.19. The van der Waals surface area contributed by atoms with Crippen molar-refractivity contribution in [2.24, 2.45) is 4.99 Å². The van der Waals surface area contributed by atoms with Crippen LogP contribution in [-0.2, 0) is 4.43 Å². The number of halogens is 5. The molecule has 140 valence electrons. The molecule has 26 heavy (non-hydrogen) atoms. The molecule has 2 rings (SSSR count). The number of hydrogen-bond donors (Lipinski definition) is 0. The third-order valence-corrected chi connectivity index (χ3v) is 4.39. The zero-order chi connectivity index (χ0) is 19.5. The van der Waals surface area contributed by atoms with Gasteiger partial charge >= 0.3 is 0 Å². The molecular weight excluding hydrogens is 369 g/mol. The molecule has 1 atom stereocenters. The molecule has 2 aromatic rings. The molecule has 0 aromatic heterocycles. The third-order valence-electron chi connectivity index (χ3n) is 3.40. The predicted octanol–water partition coefficient (Wildman–Crippen LogP) is 5.39. The van der Waals surface area contributed by atoms with E-state index >= 15 is 0 Å². The summed E-state index contributed by atoms with van der Waals surface area (Å²) >= 11 is 0. The van der Waals surface area contributed by atoms with E-state index in [1.54, 1.807) is 0 Å². The van der Waals surface area contributed by atoms with Gasteiger partial charge in [0.15, 0.2) is 31.6 Å². The average molecular weight is 387 g/mol. The van der Waals surface area contributed by atoms with Gasteiger partial charge in [-0.1, -0.05) is 30.3 Å². The number of rotatable bonds is 6. The van der Waals surface area contributed by atoms with Crippen molar-refractivity contribution in [3.05, 3.63) is 70.5 Å². The Kier molecular flexibility index (Phi) is 6.30. The summed E-state index contributed by atoms with van der Waals surface area (Å²) in [7, 11) is -1.97. The minimum Gasteiger partial charge on any atom is -0.409 e. The monoisotopic (exact) mass is 387 g/mol. The second kappa shape index (κ2) is 8.09. The summed E-state index contributed by atoms with van der Waals surface area (Å²) in [5.74, 6) is -10.0. The maximum atomic E-state index is 13.7. The average Bonchev–Trinajstić information content (AvgIpc) is 2.60. The molecule has 0 saturated carbocycles. The van der Waals surface area contributed by atoms with Crippen LogP contribution in [0.15, 0.2) is 35.3 Å². The molecule has 0 aliphatic rings. The highest BCUT2D eigenvalue weighted by atomic mass is 28.4. The van der Waals surface area contributed by atoms with Gasteiger partial charge in [0.25, 0.3) is 0 Å². The van der Waals surface area contributed by atoms with Gasteiger partial charge in [-0.3, -0.25) is 4.99 Å². The van der Waals surface area contributed by atoms with Gasteiger partial charge < -0.3 is 4.43 Å². The van der Waals surface area contributed by atoms with Crippen molar-refractivity contribution in [1.29, 1.82) is 0 Å². The highest BCUT2D eigenvalue weighted by Crippen LogP contribution is 2.24. The molecular formula is C18H18F5NOSi. The van der Waals surface area contributed by atoms with Crippen molar-refractivity contribution in [3.63, 3.8) is 0 Å². The Hall–Kier alpha value is -2.06. The van der Waals surface area contributed by atoms with Gasteiger partial charge in [-0.05, 0) is 25.2 Å². The van der Waals surface area contributed by atoms with Gasteiger partial charge in [0.1, 0.15) is 0 Å². The van der Waals surface area contributed by atoms with Crippen LogP contribution < -0.4 is 0 Å². The van der Waals surface area contributed by atoms with E-state index in [0.717, 1.165) is 5.56 Å². The topological polar surface area (TPSA) is 21.6 Å². The lowest BCUT2D eigenvalue weighted by atomic mass is 10.1. The summed E-state index contributed by atoms with van der Waals surface area (Å²) in [5.41, 5.74) is -0.259. The van der Waals surface area contributed by atoms with Gasteiger partial charge in [-0.2, -0.15) is 0 Å². The van der Waals surface area contributed by atoms with Crippen LogP contribution in [0, 0.1) is 29.1 Å². The molecule has 0 spiro atoms. The molecule has 0 radical (unpaired) electrons. The Morgan fingerprint density at radius 1 is 0.885 bits per heavy atom. The normalized spacial score (nSPS) is 13.4. The fraction of sp³-hybridized carbons (Fsp3) is 0.278. The quantitative estimate of drug-likeness (QED) is 0.214. The van der Waals surface area contributed by atoms with Crippen LogP contribution in [0.1, 0.15) is 17.2 Å². The van der Waals surface area contributed by atoms with Crippen molar-refractivity contribution in [1.82, 2.24) is 0 Å². The van der Waals surface area contributed by atoms with Gasteiger partial charge in [0.2, 0.25) is 5.82 Å². The van der Waals surface area contributed by atoms with E-state index in [9.17, 15) is 22.0 Å². The lowest BCUT2D eigenvalue weighted by Crippen LogP contribution is -2.29. The van der Waals surface area contributed by atoms with Gasteiger partial charge in [-0.15, -0.1) is 0 Å². The summed E-state index contributed by atoms with van der Waals surface area (Å²) in [6.45, 7) is 5.89. The summed E-state index contributed by atoms with van der Waals surface area (Å²) in [5, 5.41) is 0. The number of benzene rings is 2. The van der Waals surface area contributed by atoms with E-state index in [1.807, 2.05) is 50.0 Å². The first-order valence-corrected chi connectivity index (χ1v) is 11.3. The van der Waals surface area contributed by atoms with Crippen LogP contribution in [0.2, 0.25) is 19.6 Å². The SMILES string of the molecule is C[Si](C)(C)OC(CN=Cc1c(F)c(F)c(F)c(F)c1F)c1ccccc1. The molecule has 0 N–H and O–H groups in total. The first kappa shape index (κ1) is 20.3. The molecule has 2 aromatic carbocycles. The fourth-order valence-electron chi connectivity index (χ4n) is 2.28. The molecule has 0 heterocycles. The molecule has 0 aliphatic carbocycles. The molecule has 0 amide bonds. The number of hydrogen-bond acceptors (Lipinski definition) is 2. The van der Waals surface area contributed by atoms with Gasteiger partial charge in [0.05, 0.1) is 18.2 Å². The Labute approximate surface area is 149 Å². The van der Waals surface area contributed by atoms with Gasteiger partial charge in [-0.25, -0.2) is 22.0 Å². The number of nitrogens with zero attached hydrogens (tertiary/aromatic N) is 1. The van der Waals surface area contributed by atoms with E-state index in [1.165, 1.54) is 0 Å². The molecule has 8 heteroatoms. The lowest BCUT2D eigenvalue weighted by molar-refractivity contribution is 0.207. The van der Waals surface area contributed by atoms with E-state index in [4.69, 9.17) is 4.43 Å². The highest BCUT2D eigenvalue weighted by molar-refractivity contribution is 6.69. The van der Waals surface area contributed by atoms with Crippen LogP contribution in [0.5, 0.6) is 0 Å². The molecule has 0 bridgehead atoms. The molecule has 2 nitrogen and oxygen atoms in total. The molecule has 0 aliphatic heterocycles. The Bertz CT molecular complexity index is 776. The third kappa shape index (κ3) is 4.76. The largest absolute Gasteiger partial charge is 0.409 e. The summed E-state index contributed by atoms with van der Waals surface area (Å²) in [6, 6.07) is 9.08. The molecule has 0 saturated heterocycles. The highest BCUT2D eigenvalue weighted by Gasteiger charge is 2.25. The Balaban J connectivity index is 2.29. The van der Waals surface area contributed by atoms with Crippen LogP contribution >= 0.6 is 0 Å². The van der Waals surface area contributed by atoms with Crippen molar-refractivity contribution in [2.75, 3.05) is 6.54 Å². The van der Waals surface area contributed by atoms with Crippen LogP contribution in [0.25, 0.3) is 0 Å². The first-order valence-electron chi connectivity index (χ1n) is 7.86. The molecule has 0 fully saturated rings. The zero-order valence-electron chi connectivity index (χ0n) is 14.5. The fourth-order valence-corrected chi connectivity index (χ4v) is 3.34. The van der Waals surface area contributed by atoms with Crippen molar-refractivity contribution >= 4 is 14.5 Å². The van der Waals surface area contributed by atoms with E-state index in [2.05, 4.69) is 4.99 Å². The van der Waals surface area contributed by atoms with Crippen LogP contribution in [-0.4, -0.2) is 21.1 Å². The minimum absolute atomic E-state index is 0.0201. The Morgan fingerprint density at radius 2 is 1.38 bits per heavy atom. The van der Waals surface area contributed by atoms with Crippen molar-refractivity contribution in [2.45, 2.75) is 25.7 Å². The van der Waals surface area contributed by atoms with E-state index < -0.39 is 49.1 Å². The summed E-state index contributed by atoms with van der Waals surface area (Å²) in [4.78, 5) is 3.87. The lowest BCUT2D eigenvalue weighted by Gasteiger charge is -2.25. The van der Waals surface area contributed by atoms with E-state index in [0.29, 0.717) is 6.21 Å². The number of aliphatic imine (C=N–C) groups is 1. The maximum absolute atomic E-state index is 13.7. The van der Waals surface area contributed by atoms with Crippen LogP contribution in [0.3, 0.4) is 0 Å². The smallest absolute Gasteiger partial charge is 0.200 e. The summed E-state index contributed by atoms with van der Waals surface area (Å²) in [6.07, 6.45) is 0.167. The second-order valence-corrected chi connectivity index (χ2v) is 11.1. The van der Waals surface area contributed by atoms with Gasteiger partial charge in [0, 0.05) is 6.21 Å².